The lowest BCUT2D eigenvalue weighted by Crippen LogP contribution is -2.08. The number of hydrogen-bond donors (Lipinski definition) is 1. The summed E-state index contributed by atoms with van der Waals surface area (Å²) in [6, 6.07) is 1.76. The molecule has 0 bridgehead atoms. The summed E-state index contributed by atoms with van der Waals surface area (Å²) in [5.74, 6) is 0.195. The first kappa shape index (κ1) is 12.4. The normalized spacial score (nSPS) is 11.8. The third-order valence-electron chi connectivity index (χ3n) is 2.46. The van der Waals surface area contributed by atoms with Crippen LogP contribution in [0.5, 0.6) is 0 Å². The van der Waals surface area contributed by atoms with Gasteiger partial charge in [0.15, 0.2) is 5.82 Å². The molecule has 0 fully saturated rings. The van der Waals surface area contributed by atoms with Crippen LogP contribution in [-0.2, 0) is 12.7 Å². The molecule has 4 nitrogen and oxygen atoms in total. The average Bonchev–Trinajstić information content (AvgIpc) is 2.74. The predicted octanol–water partition coefficient (Wildman–Crippen LogP) is 2.57. The fraction of sp³-hybridized carbons (Fsp3) is 0.273. The van der Waals surface area contributed by atoms with E-state index in [0.29, 0.717) is 12.4 Å². The number of aryl methyl sites for hydroxylation is 1. The van der Waals surface area contributed by atoms with Gasteiger partial charge in [-0.05, 0) is 19.1 Å². The zero-order valence-corrected chi connectivity index (χ0v) is 9.57. The number of anilines is 1. The Kier molecular flexibility index (Phi) is 2.98. The summed E-state index contributed by atoms with van der Waals surface area (Å²) in [5, 5.41) is 0. The van der Waals surface area contributed by atoms with Crippen molar-refractivity contribution in [1.29, 1.82) is 0 Å². The van der Waals surface area contributed by atoms with E-state index in [0.717, 1.165) is 12.1 Å². The number of alkyl halides is 3. The molecule has 0 saturated carbocycles. The number of rotatable bonds is 2. The van der Waals surface area contributed by atoms with E-state index < -0.39 is 11.7 Å². The molecule has 0 atom stereocenters. The van der Waals surface area contributed by atoms with Gasteiger partial charge in [-0.3, -0.25) is 0 Å². The SMILES string of the molecule is CCn1ccnc1-c1cc(C(F)(F)F)cc(N)n1. The highest BCUT2D eigenvalue weighted by atomic mass is 19.4. The van der Waals surface area contributed by atoms with Gasteiger partial charge in [0.25, 0.3) is 0 Å². The largest absolute Gasteiger partial charge is 0.416 e. The maximum atomic E-state index is 12.7. The Morgan fingerprint density at radius 2 is 2.06 bits per heavy atom. The smallest absolute Gasteiger partial charge is 0.384 e. The number of halogens is 3. The molecule has 0 saturated heterocycles. The number of hydrogen-bond acceptors (Lipinski definition) is 3. The van der Waals surface area contributed by atoms with Crippen LogP contribution in [0.3, 0.4) is 0 Å². The molecule has 2 N–H and O–H groups in total. The quantitative estimate of drug-likeness (QED) is 0.898. The van der Waals surface area contributed by atoms with Crippen LogP contribution in [0.15, 0.2) is 24.5 Å². The minimum atomic E-state index is -4.45. The lowest BCUT2D eigenvalue weighted by Gasteiger charge is -2.10. The Bertz CT molecular complexity index is 560. The Labute approximate surface area is 101 Å². The summed E-state index contributed by atoms with van der Waals surface area (Å²) < 4.78 is 39.7. The summed E-state index contributed by atoms with van der Waals surface area (Å²) in [7, 11) is 0. The number of nitrogens with two attached hydrogens (primary N) is 1. The van der Waals surface area contributed by atoms with Gasteiger partial charge in [-0.2, -0.15) is 13.2 Å². The zero-order chi connectivity index (χ0) is 13.3. The number of pyridine rings is 1. The highest BCUT2D eigenvalue weighted by molar-refractivity contribution is 5.55. The second-order valence-electron chi connectivity index (χ2n) is 3.70. The molecule has 0 radical (unpaired) electrons. The number of imidazole rings is 1. The molecule has 2 aromatic rings. The van der Waals surface area contributed by atoms with Crippen LogP contribution in [0, 0.1) is 0 Å². The minimum Gasteiger partial charge on any atom is -0.384 e. The van der Waals surface area contributed by atoms with Crippen molar-refractivity contribution < 1.29 is 13.2 Å². The summed E-state index contributed by atoms with van der Waals surface area (Å²) in [6.45, 7) is 2.45. The Hall–Kier alpha value is -2.05. The summed E-state index contributed by atoms with van der Waals surface area (Å²) in [5.41, 5.74) is 4.70. The summed E-state index contributed by atoms with van der Waals surface area (Å²) >= 11 is 0. The first-order valence-corrected chi connectivity index (χ1v) is 5.28. The molecule has 2 heterocycles. The lowest BCUT2D eigenvalue weighted by atomic mass is 10.2. The minimum absolute atomic E-state index is 0.120. The van der Waals surface area contributed by atoms with Crippen LogP contribution in [0.1, 0.15) is 12.5 Å². The van der Waals surface area contributed by atoms with Gasteiger partial charge < -0.3 is 10.3 Å². The molecular weight excluding hydrogens is 245 g/mol. The second kappa shape index (κ2) is 4.32. The molecule has 0 aliphatic rings. The molecule has 0 amide bonds. The predicted molar refractivity (Wildman–Crippen MR) is 60.5 cm³/mol. The maximum Gasteiger partial charge on any atom is 0.416 e. The molecular formula is C11H11F3N4. The molecule has 18 heavy (non-hydrogen) atoms. The van der Waals surface area contributed by atoms with Crippen molar-refractivity contribution in [2.45, 2.75) is 19.6 Å². The fourth-order valence-corrected chi connectivity index (χ4v) is 1.63. The molecule has 0 aliphatic carbocycles. The van der Waals surface area contributed by atoms with Gasteiger partial charge in [0.2, 0.25) is 0 Å². The molecule has 0 spiro atoms. The molecule has 0 unspecified atom stereocenters. The molecule has 2 rings (SSSR count). The van der Waals surface area contributed by atoms with Gasteiger partial charge in [0.1, 0.15) is 11.5 Å². The molecule has 0 aliphatic heterocycles. The maximum absolute atomic E-state index is 12.7. The first-order chi connectivity index (χ1) is 8.41. The van der Waals surface area contributed by atoms with Crippen LogP contribution >= 0.6 is 0 Å². The van der Waals surface area contributed by atoms with Crippen molar-refractivity contribution in [2.24, 2.45) is 0 Å². The van der Waals surface area contributed by atoms with Crippen molar-refractivity contribution in [2.75, 3.05) is 5.73 Å². The highest BCUT2D eigenvalue weighted by Crippen LogP contribution is 2.32. The van der Waals surface area contributed by atoms with Crippen LogP contribution in [-0.4, -0.2) is 14.5 Å². The van der Waals surface area contributed by atoms with Crippen LogP contribution in [0.2, 0.25) is 0 Å². The highest BCUT2D eigenvalue weighted by Gasteiger charge is 2.31. The van der Waals surface area contributed by atoms with Gasteiger partial charge in [0, 0.05) is 18.9 Å². The van der Waals surface area contributed by atoms with E-state index in [-0.39, 0.29) is 11.5 Å². The molecule has 7 heteroatoms. The summed E-state index contributed by atoms with van der Waals surface area (Å²) in [6.07, 6.45) is -1.26. The van der Waals surface area contributed by atoms with Crippen molar-refractivity contribution in [3.63, 3.8) is 0 Å². The fourth-order valence-electron chi connectivity index (χ4n) is 1.63. The number of aromatic nitrogens is 3. The van der Waals surface area contributed by atoms with E-state index in [4.69, 9.17) is 5.73 Å². The van der Waals surface area contributed by atoms with Crippen LogP contribution < -0.4 is 5.73 Å². The van der Waals surface area contributed by atoms with E-state index in [1.807, 2.05) is 6.92 Å². The first-order valence-electron chi connectivity index (χ1n) is 5.28. The van der Waals surface area contributed by atoms with E-state index in [1.54, 1.807) is 10.8 Å². The molecule has 96 valence electrons. The Morgan fingerprint density at radius 1 is 1.33 bits per heavy atom. The van der Waals surface area contributed by atoms with Gasteiger partial charge in [-0.25, -0.2) is 9.97 Å². The molecule has 0 aromatic carbocycles. The van der Waals surface area contributed by atoms with E-state index >= 15 is 0 Å². The van der Waals surface area contributed by atoms with E-state index in [1.165, 1.54) is 6.20 Å². The van der Waals surface area contributed by atoms with Gasteiger partial charge in [-0.1, -0.05) is 0 Å². The number of nitrogen functional groups attached to an aromatic ring is 1. The average molecular weight is 256 g/mol. The van der Waals surface area contributed by atoms with Crippen molar-refractivity contribution in [3.8, 4) is 11.5 Å². The van der Waals surface area contributed by atoms with Crippen molar-refractivity contribution in [3.05, 3.63) is 30.1 Å². The Balaban J connectivity index is 2.56. The van der Waals surface area contributed by atoms with E-state index in [9.17, 15) is 13.2 Å². The second-order valence-corrected chi connectivity index (χ2v) is 3.70. The third kappa shape index (κ3) is 2.29. The standard InChI is InChI=1S/C11H11F3N4/c1-2-18-4-3-16-10(18)8-5-7(11(12,13)14)6-9(15)17-8/h3-6H,2H2,1H3,(H2,15,17). The lowest BCUT2D eigenvalue weighted by molar-refractivity contribution is -0.137. The summed E-state index contributed by atoms with van der Waals surface area (Å²) in [4.78, 5) is 7.89. The van der Waals surface area contributed by atoms with Gasteiger partial charge in [0.05, 0.1) is 5.56 Å². The Morgan fingerprint density at radius 3 is 2.67 bits per heavy atom. The molecule has 2 aromatic heterocycles. The van der Waals surface area contributed by atoms with Gasteiger partial charge in [-0.15, -0.1) is 0 Å². The monoisotopic (exact) mass is 256 g/mol. The topological polar surface area (TPSA) is 56.7 Å². The van der Waals surface area contributed by atoms with E-state index in [2.05, 4.69) is 9.97 Å². The van der Waals surface area contributed by atoms with Crippen LogP contribution in [0.4, 0.5) is 19.0 Å². The van der Waals surface area contributed by atoms with Crippen LogP contribution in [0.25, 0.3) is 11.5 Å². The number of nitrogens with zero attached hydrogens (tertiary/aromatic N) is 3. The van der Waals surface area contributed by atoms with Crippen molar-refractivity contribution >= 4 is 5.82 Å². The third-order valence-corrected chi connectivity index (χ3v) is 2.46. The zero-order valence-electron chi connectivity index (χ0n) is 9.57. The van der Waals surface area contributed by atoms with Gasteiger partial charge >= 0.3 is 6.18 Å². The van der Waals surface area contributed by atoms with Crippen molar-refractivity contribution in [1.82, 2.24) is 14.5 Å².